The maximum Gasteiger partial charge on any atom is 0.251 e. The van der Waals surface area contributed by atoms with Crippen molar-refractivity contribution in [3.63, 3.8) is 0 Å². The third-order valence-corrected chi connectivity index (χ3v) is 5.40. The molecule has 0 aromatic carbocycles. The highest BCUT2D eigenvalue weighted by Crippen LogP contribution is 2.16. The number of amides is 1. The monoisotopic (exact) mass is 276 g/mol. The zero-order valence-electron chi connectivity index (χ0n) is 10.7. The molecule has 7 heteroatoms. The Morgan fingerprint density at radius 2 is 1.94 bits per heavy atom. The van der Waals surface area contributed by atoms with E-state index < -0.39 is 10.0 Å². The lowest BCUT2D eigenvalue weighted by molar-refractivity contribution is -0.142. The number of sulfonamides is 1. The molecule has 18 heavy (non-hydrogen) atoms. The molecule has 0 aromatic rings. The Balaban J connectivity index is 1.88. The number of carbonyl (C=O) groups is 1. The van der Waals surface area contributed by atoms with E-state index in [0.717, 1.165) is 12.8 Å². The van der Waals surface area contributed by atoms with Gasteiger partial charge in [0.15, 0.2) is 0 Å². The van der Waals surface area contributed by atoms with Crippen molar-refractivity contribution in [3.8, 4) is 0 Å². The predicted molar refractivity (Wildman–Crippen MR) is 66.6 cm³/mol. The van der Waals surface area contributed by atoms with Gasteiger partial charge in [-0.05, 0) is 19.8 Å². The fourth-order valence-electron chi connectivity index (χ4n) is 2.35. The number of hydrogen-bond acceptors (Lipinski definition) is 4. The lowest BCUT2D eigenvalue weighted by Crippen LogP contribution is -2.53. The van der Waals surface area contributed by atoms with Gasteiger partial charge < -0.3 is 9.64 Å². The molecule has 2 aliphatic heterocycles. The largest absolute Gasteiger partial charge is 0.368 e. The molecule has 1 atom stereocenters. The molecule has 1 unspecified atom stereocenters. The first kappa shape index (κ1) is 13.8. The van der Waals surface area contributed by atoms with Gasteiger partial charge in [0.25, 0.3) is 5.91 Å². The predicted octanol–water partition coefficient (Wildman–Crippen LogP) is -0.341. The van der Waals surface area contributed by atoms with Gasteiger partial charge in [0.05, 0.1) is 5.75 Å². The van der Waals surface area contributed by atoms with Crippen LogP contribution in [0.2, 0.25) is 0 Å². The third kappa shape index (κ3) is 2.84. The summed E-state index contributed by atoms with van der Waals surface area (Å²) in [6.45, 7) is 4.03. The number of ether oxygens (including phenoxy) is 1. The van der Waals surface area contributed by atoms with Crippen LogP contribution < -0.4 is 0 Å². The highest BCUT2D eigenvalue weighted by atomic mass is 32.2. The number of rotatable bonds is 3. The molecule has 2 heterocycles. The average molecular weight is 276 g/mol. The summed E-state index contributed by atoms with van der Waals surface area (Å²) in [4.78, 5) is 13.8. The number of hydrogen-bond donors (Lipinski definition) is 0. The number of nitrogens with zero attached hydrogens (tertiary/aromatic N) is 2. The molecule has 6 nitrogen and oxygen atoms in total. The van der Waals surface area contributed by atoms with Gasteiger partial charge >= 0.3 is 0 Å². The van der Waals surface area contributed by atoms with E-state index in [9.17, 15) is 13.2 Å². The molecule has 2 aliphatic rings. The van der Waals surface area contributed by atoms with Crippen molar-refractivity contribution in [1.29, 1.82) is 0 Å². The van der Waals surface area contributed by atoms with Crippen molar-refractivity contribution in [2.24, 2.45) is 0 Å². The molecule has 0 bridgehead atoms. The van der Waals surface area contributed by atoms with E-state index in [2.05, 4.69) is 0 Å². The van der Waals surface area contributed by atoms with E-state index in [4.69, 9.17) is 4.74 Å². The lowest BCUT2D eigenvalue weighted by atomic mass is 10.2. The molecule has 2 rings (SSSR count). The normalized spacial score (nSPS) is 26.5. The van der Waals surface area contributed by atoms with Crippen molar-refractivity contribution in [1.82, 2.24) is 9.21 Å². The molecular formula is C11H20N2O4S. The molecule has 2 fully saturated rings. The second-order valence-electron chi connectivity index (χ2n) is 4.63. The fraction of sp³-hybridized carbons (Fsp3) is 0.909. The number of piperazine rings is 1. The maximum atomic E-state index is 12.1. The van der Waals surface area contributed by atoms with Crippen LogP contribution in [0.4, 0.5) is 0 Å². The third-order valence-electron chi connectivity index (χ3n) is 3.51. The van der Waals surface area contributed by atoms with Gasteiger partial charge in [0.2, 0.25) is 10.0 Å². The highest BCUT2D eigenvalue weighted by molar-refractivity contribution is 7.89. The quantitative estimate of drug-likeness (QED) is 0.707. The van der Waals surface area contributed by atoms with Crippen LogP contribution >= 0.6 is 0 Å². The van der Waals surface area contributed by atoms with Gasteiger partial charge in [-0.1, -0.05) is 0 Å². The number of carbonyl (C=O) groups excluding carboxylic acids is 1. The standard InChI is InChI=1S/C11H20N2O4S/c1-2-18(15,16)13-7-5-12(6-8-13)11(14)10-4-3-9-17-10/h10H,2-9H2,1H3. The minimum absolute atomic E-state index is 0.0149. The average Bonchev–Trinajstić information content (AvgIpc) is 2.92. The van der Waals surface area contributed by atoms with E-state index in [0.29, 0.717) is 32.8 Å². The van der Waals surface area contributed by atoms with Crippen molar-refractivity contribution >= 4 is 15.9 Å². The van der Waals surface area contributed by atoms with Crippen LogP contribution in [0.1, 0.15) is 19.8 Å². The van der Waals surface area contributed by atoms with E-state index >= 15 is 0 Å². The first-order chi connectivity index (χ1) is 8.54. The van der Waals surface area contributed by atoms with Crippen LogP contribution in [-0.4, -0.2) is 68.2 Å². The Kier molecular flexibility index (Phi) is 4.24. The first-order valence-corrected chi connectivity index (χ1v) is 8.03. The van der Waals surface area contributed by atoms with Crippen molar-refractivity contribution < 1.29 is 17.9 Å². The van der Waals surface area contributed by atoms with Crippen LogP contribution in [-0.2, 0) is 19.6 Å². The second kappa shape index (κ2) is 5.54. The maximum absolute atomic E-state index is 12.1. The molecule has 0 spiro atoms. The summed E-state index contributed by atoms with van der Waals surface area (Å²) in [5.41, 5.74) is 0. The van der Waals surface area contributed by atoms with E-state index in [1.54, 1.807) is 11.8 Å². The molecule has 0 aromatic heterocycles. The summed E-state index contributed by atoms with van der Waals surface area (Å²) in [7, 11) is -3.13. The zero-order chi connectivity index (χ0) is 13.2. The summed E-state index contributed by atoms with van der Waals surface area (Å²) in [6.07, 6.45) is 1.41. The van der Waals surface area contributed by atoms with Crippen molar-refractivity contribution in [3.05, 3.63) is 0 Å². The molecular weight excluding hydrogens is 256 g/mol. The van der Waals surface area contributed by atoms with Gasteiger partial charge in [0.1, 0.15) is 6.10 Å². The zero-order valence-corrected chi connectivity index (χ0v) is 11.5. The molecule has 0 saturated carbocycles. The molecule has 1 amide bonds. The van der Waals surface area contributed by atoms with Crippen LogP contribution in [0.15, 0.2) is 0 Å². The molecule has 0 radical (unpaired) electrons. The second-order valence-corrected chi connectivity index (χ2v) is 6.88. The summed E-state index contributed by atoms with van der Waals surface area (Å²) >= 11 is 0. The summed E-state index contributed by atoms with van der Waals surface area (Å²) in [5, 5.41) is 0. The molecule has 2 saturated heterocycles. The Labute approximate surface area is 108 Å². The Morgan fingerprint density at radius 3 is 2.44 bits per heavy atom. The van der Waals surface area contributed by atoms with Gasteiger partial charge in [-0.3, -0.25) is 4.79 Å². The Hall–Kier alpha value is -0.660. The van der Waals surface area contributed by atoms with Crippen LogP contribution in [0, 0.1) is 0 Å². The van der Waals surface area contributed by atoms with E-state index in [-0.39, 0.29) is 17.8 Å². The summed E-state index contributed by atoms with van der Waals surface area (Å²) in [6, 6.07) is 0. The van der Waals surface area contributed by atoms with E-state index in [1.165, 1.54) is 4.31 Å². The summed E-state index contributed by atoms with van der Waals surface area (Å²) in [5.74, 6) is 0.133. The molecule has 0 aliphatic carbocycles. The van der Waals surface area contributed by atoms with Crippen molar-refractivity contribution in [2.45, 2.75) is 25.9 Å². The Morgan fingerprint density at radius 1 is 1.28 bits per heavy atom. The molecule has 104 valence electrons. The topological polar surface area (TPSA) is 66.9 Å². The SMILES string of the molecule is CCS(=O)(=O)N1CCN(C(=O)C2CCCO2)CC1. The Bertz CT molecular complexity index is 395. The van der Waals surface area contributed by atoms with Crippen LogP contribution in [0.3, 0.4) is 0 Å². The van der Waals surface area contributed by atoms with Gasteiger partial charge in [-0.15, -0.1) is 0 Å². The van der Waals surface area contributed by atoms with Gasteiger partial charge in [0, 0.05) is 32.8 Å². The van der Waals surface area contributed by atoms with Crippen molar-refractivity contribution in [2.75, 3.05) is 38.5 Å². The fourth-order valence-corrected chi connectivity index (χ4v) is 3.43. The minimum Gasteiger partial charge on any atom is -0.368 e. The van der Waals surface area contributed by atoms with Crippen LogP contribution in [0.25, 0.3) is 0 Å². The summed E-state index contributed by atoms with van der Waals surface area (Å²) < 4.78 is 30.2. The highest BCUT2D eigenvalue weighted by Gasteiger charge is 2.32. The first-order valence-electron chi connectivity index (χ1n) is 6.43. The van der Waals surface area contributed by atoms with E-state index in [1.807, 2.05) is 0 Å². The van der Waals surface area contributed by atoms with Gasteiger partial charge in [-0.2, -0.15) is 4.31 Å². The minimum atomic E-state index is -3.13. The smallest absolute Gasteiger partial charge is 0.251 e. The van der Waals surface area contributed by atoms with Crippen LogP contribution in [0.5, 0.6) is 0 Å². The van der Waals surface area contributed by atoms with Gasteiger partial charge in [-0.25, -0.2) is 8.42 Å². The molecule has 0 N–H and O–H groups in total. The lowest BCUT2D eigenvalue weighted by Gasteiger charge is -2.34.